The first-order chi connectivity index (χ1) is 27.5. The Hall–Kier alpha value is -5.08. The van der Waals surface area contributed by atoms with Gasteiger partial charge in [-0.25, -0.2) is 18.2 Å². The summed E-state index contributed by atoms with van der Waals surface area (Å²) in [5.74, 6) is -1.07. The molecule has 306 valence electrons. The first-order valence-corrected chi connectivity index (χ1v) is 21.1. The molecule has 0 spiro atoms. The van der Waals surface area contributed by atoms with Crippen molar-refractivity contribution in [2.24, 2.45) is 11.1 Å². The van der Waals surface area contributed by atoms with Gasteiger partial charge in [0.15, 0.2) is 5.89 Å². The highest BCUT2D eigenvalue weighted by atomic mass is 28.4. The van der Waals surface area contributed by atoms with Gasteiger partial charge in [0.1, 0.15) is 18.0 Å². The molecule has 0 fully saturated rings. The molecular weight excluding hydrogens is 762 g/mol. The van der Waals surface area contributed by atoms with E-state index >= 15 is 4.39 Å². The number of carboxylic acids is 1. The Morgan fingerprint density at radius 3 is 2.16 bits per heavy atom. The predicted molar refractivity (Wildman–Crippen MR) is 223 cm³/mol. The number of nitrogens with two attached hydrogens (primary N) is 1. The lowest BCUT2D eigenvalue weighted by Gasteiger charge is -2.44. The van der Waals surface area contributed by atoms with E-state index in [1.807, 2.05) is 36.4 Å². The number of carbonyl (C=O) groups is 1. The average molecular weight is 813 g/mol. The van der Waals surface area contributed by atoms with Gasteiger partial charge in [-0.15, -0.1) is 0 Å². The molecule has 0 aliphatic heterocycles. The van der Waals surface area contributed by atoms with Gasteiger partial charge < -0.3 is 29.0 Å². The summed E-state index contributed by atoms with van der Waals surface area (Å²) in [7, 11) is -1.46. The maximum atomic E-state index is 16.3. The summed E-state index contributed by atoms with van der Waals surface area (Å²) in [6, 6.07) is 27.9. The third-order valence-corrected chi connectivity index (χ3v) is 15.7. The summed E-state index contributed by atoms with van der Waals surface area (Å²) < 4.78 is 65.4. The zero-order valence-corrected chi connectivity index (χ0v) is 34.9. The number of hydrogen-bond donors (Lipinski definition) is 2. The highest BCUT2D eigenvalue weighted by Gasteiger charge is 2.51. The largest absolute Gasteiger partial charge is 0.480 e. The fourth-order valence-electron chi connectivity index (χ4n) is 7.84. The summed E-state index contributed by atoms with van der Waals surface area (Å²) in [5, 5.41) is 11.8. The van der Waals surface area contributed by atoms with Crippen LogP contribution >= 0.6 is 0 Å². The van der Waals surface area contributed by atoms with Crippen LogP contribution in [0.5, 0.6) is 0 Å². The zero-order chi connectivity index (χ0) is 42.0. The summed E-state index contributed by atoms with van der Waals surface area (Å²) in [6.45, 7) is 12.8. The Morgan fingerprint density at radius 2 is 1.59 bits per heavy atom. The topological polar surface area (TPSA) is 126 Å². The maximum absolute atomic E-state index is 16.3. The SMILES string of the molecule is CO[C@@H](C)c1ncccc1-c1c(CC(C)(C)CO[Si](c2ccccc2)(c2ccccc2)C(C)(C)C)c2cc(-c3coc(CC(N)C(=O)O)n3)ccc2n1C(F)C(F)F. The Labute approximate surface area is 338 Å². The van der Waals surface area contributed by atoms with Gasteiger partial charge in [0.25, 0.3) is 14.7 Å². The lowest BCUT2D eigenvalue weighted by Crippen LogP contribution is -2.67. The zero-order valence-electron chi connectivity index (χ0n) is 33.9. The van der Waals surface area contributed by atoms with E-state index in [2.05, 4.69) is 68.9 Å². The van der Waals surface area contributed by atoms with Gasteiger partial charge in [-0.1, -0.05) is 101 Å². The number of alkyl halides is 3. The van der Waals surface area contributed by atoms with E-state index in [-0.39, 0.29) is 41.6 Å². The van der Waals surface area contributed by atoms with Crippen molar-refractivity contribution < 1.29 is 36.7 Å². The number of benzene rings is 3. The number of pyridine rings is 1. The second-order valence-electron chi connectivity index (χ2n) is 16.5. The molecule has 3 N–H and O–H groups in total. The van der Waals surface area contributed by atoms with Crippen LogP contribution < -0.4 is 16.1 Å². The molecule has 0 saturated heterocycles. The van der Waals surface area contributed by atoms with Crippen molar-refractivity contribution in [1.82, 2.24) is 14.5 Å². The molecule has 3 aromatic carbocycles. The van der Waals surface area contributed by atoms with Crippen LogP contribution in [0.3, 0.4) is 0 Å². The Bertz CT molecular complexity index is 2300. The summed E-state index contributed by atoms with van der Waals surface area (Å²) in [6.07, 6.45) is -3.45. The number of aliphatic carboxylic acids is 1. The van der Waals surface area contributed by atoms with Crippen molar-refractivity contribution in [1.29, 1.82) is 0 Å². The third-order valence-electron chi connectivity index (χ3n) is 10.7. The van der Waals surface area contributed by atoms with Crippen LogP contribution in [0, 0.1) is 5.41 Å². The summed E-state index contributed by atoms with van der Waals surface area (Å²) in [4.78, 5) is 20.5. The van der Waals surface area contributed by atoms with E-state index < -0.39 is 44.6 Å². The molecule has 13 heteroatoms. The molecule has 58 heavy (non-hydrogen) atoms. The van der Waals surface area contributed by atoms with Crippen molar-refractivity contribution in [2.75, 3.05) is 13.7 Å². The number of ether oxygens (including phenoxy) is 1. The first kappa shape index (κ1) is 42.5. The van der Waals surface area contributed by atoms with Crippen molar-refractivity contribution in [2.45, 2.75) is 84.3 Å². The minimum Gasteiger partial charge on any atom is -0.480 e. The number of aromatic nitrogens is 3. The van der Waals surface area contributed by atoms with Crippen LogP contribution in [0.2, 0.25) is 5.04 Å². The molecule has 2 unspecified atom stereocenters. The van der Waals surface area contributed by atoms with Gasteiger partial charge in [0.05, 0.1) is 29.4 Å². The standard InChI is InChI=1S/C45H51F3N4O5Si/c1-28(55-7)39-32(19-14-22-50-39)40-34(25-45(5,6)27-57-58(44(2,3)4,30-15-10-8-11-16-30)31-17-12-9-13-18-31)33-23-29(20-21-37(33)52(40)42(48)41(46)47)36-26-56-38(51-36)24-35(49)43(53)54/h8-23,26,28,35,41-42H,24-25,27,49H2,1-7H3,(H,53,54)/t28-,35?,42?/m0/s1. The lowest BCUT2D eigenvalue weighted by atomic mass is 9.84. The van der Waals surface area contributed by atoms with E-state index in [9.17, 15) is 18.7 Å². The Balaban J connectivity index is 1.55. The third kappa shape index (κ3) is 8.40. The molecular formula is C45H51F3N4O5Si. The molecule has 0 amide bonds. The van der Waals surface area contributed by atoms with E-state index in [0.29, 0.717) is 33.5 Å². The Kier molecular flexibility index (Phi) is 12.5. The molecule has 6 rings (SSSR count). The van der Waals surface area contributed by atoms with Gasteiger partial charge in [-0.3, -0.25) is 9.78 Å². The molecule has 3 atom stereocenters. The van der Waals surface area contributed by atoms with Gasteiger partial charge >= 0.3 is 5.97 Å². The second-order valence-corrected chi connectivity index (χ2v) is 20.8. The van der Waals surface area contributed by atoms with Crippen molar-refractivity contribution in [3.63, 3.8) is 0 Å². The molecule has 6 aromatic rings. The van der Waals surface area contributed by atoms with Crippen molar-refractivity contribution in [3.05, 3.63) is 121 Å². The summed E-state index contributed by atoms with van der Waals surface area (Å²) in [5.41, 5.74) is 8.09. The van der Waals surface area contributed by atoms with Gasteiger partial charge in [0.2, 0.25) is 6.30 Å². The van der Waals surface area contributed by atoms with Crippen LogP contribution in [0.1, 0.15) is 71.1 Å². The van der Waals surface area contributed by atoms with E-state index in [1.54, 1.807) is 43.5 Å². The van der Waals surface area contributed by atoms with Crippen LogP contribution in [0.15, 0.2) is 108 Å². The van der Waals surface area contributed by atoms with Crippen LogP contribution in [-0.2, 0) is 26.8 Å². The molecule has 3 heterocycles. The second kappa shape index (κ2) is 17.0. The molecule has 0 radical (unpaired) electrons. The van der Waals surface area contributed by atoms with E-state index in [1.165, 1.54) is 13.4 Å². The number of fused-ring (bicyclic) bond motifs is 1. The van der Waals surface area contributed by atoms with E-state index in [0.717, 1.165) is 14.9 Å². The van der Waals surface area contributed by atoms with Gasteiger partial charge in [-0.2, -0.15) is 0 Å². The number of hydrogen-bond acceptors (Lipinski definition) is 7. The lowest BCUT2D eigenvalue weighted by molar-refractivity contribution is -0.138. The molecule has 9 nitrogen and oxygen atoms in total. The van der Waals surface area contributed by atoms with Crippen molar-refractivity contribution >= 4 is 35.6 Å². The van der Waals surface area contributed by atoms with Crippen LogP contribution in [0.25, 0.3) is 33.4 Å². The molecule has 0 aliphatic carbocycles. The number of oxazole rings is 1. The summed E-state index contributed by atoms with van der Waals surface area (Å²) >= 11 is 0. The molecule has 0 saturated carbocycles. The van der Waals surface area contributed by atoms with Crippen molar-refractivity contribution in [3.8, 4) is 22.5 Å². The molecule has 3 aromatic heterocycles. The highest BCUT2D eigenvalue weighted by Crippen LogP contribution is 2.45. The quantitative estimate of drug-likeness (QED) is 0.0929. The number of rotatable bonds is 16. The fourth-order valence-corrected chi connectivity index (χ4v) is 12.6. The highest BCUT2D eigenvalue weighted by molar-refractivity contribution is 6.99. The Morgan fingerprint density at radius 1 is 0.948 bits per heavy atom. The number of halogens is 3. The van der Waals surface area contributed by atoms with E-state index in [4.69, 9.17) is 19.3 Å². The molecule has 0 bridgehead atoms. The van der Waals surface area contributed by atoms with Gasteiger partial charge in [0, 0.05) is 36.4 Å². The molecule has 0 aliphatic rings. The number of methoxy groups -OCH3 is 1. The van der Waals surface area contributed by atoms with Crippen LogP contribution in [0.4, 0.5) is 13.2 Å². The average Bonchev–Trinajstić information content (AvgIpc) is 3.79. The fraction of sp³-hybridized carbons (Fsp3) is 0.356. The number of nitrogens with zero attached hydrogens (tertiary/aromatic N) is 3. The minimum absolute atomic E-state index is 0.125. The maximum Gasteiger partial charge on any atom is 0.321 e. The monoisotopic (exact) mass is 812 g/mol. The number of carboxylic acid groups (broad SMARTS) is 1. The van der Waals surface area contributed by atoms with Crippen LogP contribution in [-0.4, -0.2) is 60.1 Å². The minimum atomic E-state index is -3.34. The van der Waals surface area contributed by atoms with Gasteiger partial charge in [-0.05, 0) is 64.0 Å². The normalized spacial score (nSPS) is 14.2. The predicted octanol–water partition coefficient (Wildman–Crippen LogP) is 8.90. The smallest absolute Gasteiger partial charge is 0.321 e. The first-order valence-electron chi connectivity index (χ1n) is 19.2.